The lowest BCUT2D eigenvalue weighted by atomic mass is 10.1. The second-order valence-corrected chi connectivity index (χ2v) is 7.48. The Kier molecular flexibility index (Phi) is 5.70. The zero-order valence-electron chi connectivity index (χ0n) is 17.5. The summed E-state index contributed by atoms with van der Waals surface area (Å²) in [5, 5.41) is 12.1. The standard InChI is InChI=1S/C25H23N7/c1-3-7-19(8-4-1)13-14-26-24-27-18-28-25(31-24)30-22-11-12-23-21(15-22)16-29-32(23)17-20-9-5-2-6-10-20/h1-12,15-16,18H,13-14,17H2,(H2,26,27,28,30,31). The first kappa shape index (κ1) is 19.7. The van der Waals surface area contributed by atoms with E-state index in [1.807, 2.05) is 53.3 Å². The highest BCUT2D eigenvalue weighted by molar-refractivity contribution is 5.83. The molecule has 2 aromatic heterocycles. The van der Waals surface area contributed by atoms with Crippen molar-refractivity contribution in [1.82, 2.24) is 24.7 Å². The monoisotopic (exact) mass is 421 g/mol. The molecule has 5 aromatic rings. The maximum atomic E-state index is 4.55. The highest BCUT2D eigenvalue weighted by Gasteiger charge is 2.07. The van der Waals surface area contributed by atoms with Crippen LogP contribution >= 0.6 is 0 Å². The molecule has 2 heterocycles. The van der Waals surface area contributed by atoms with Gasteiger partial charge >= 0.3 is 0 Å². The number of hydrogen-bond donors (Lipinski definition) is 2. The van der Waals surface area contributed by atoms with Gasteiger partial charge < -0.3 is 10.6 Å². The van der Waals surface area contributed by atoms with Gasteiger partial charge in [-0.1, -0.05) is 60.7 Å². The summed E-state index contributed by atoms with van der Waals surface area (Å²) in [4.78, 5) is 12.9. The van der Waals surface area contributed by atoms with Crippen molar-refractivity contribution in [1.29, 1.82) is 0 Å². The largest absolute Gasteiger partial charge is 0.354 e. The van der Waals surface area contributed by atoms with Crippen LogP contribution in [-0.4, -0.2) is 31.3 Å². The van der Waals surface area contributed by atoms with Crippen LogP contribution < -0.4 is 10.6 Å². The van der Waals surface area contributed by atoms with E-state index in [4.69, 9.17) is 0 Å². The molecule has 5 rings (SSSR count). The maximum absolute atomic E-state index is 4.55. The van der Waals surface area contributed by atoms with Crippen molar-refractivity contribution >= 4 is 28.5 Å². The van der Waals surface area contributed by atoms with Crippen molar-refractivity contribution in [3.8, 4) is 0 Å². The molecule has 0 saturated heterocycles. The van der Waals surface area contributed by atoms with Crippen molar-refractivity contribution in [2.24, 2.45) is 0 Å². The summed E-state index contributed by atoms with van der Waals surface area (Å²) in [6.45, 7) is 1.49. The Hall–Kier alpha value is -4.26. The van der Waals surface area contributed by atoms with Crippen LogP contribution in [0, 0.1) is 0 Å². The van der Waals surface area contributed by atoms with Gasteiger partial charge in [0.2, 0.25) is 11.9 Å². The fraction of sp³-hybridized carbons (Fsp3) is 0.120. The molecule has 0 amide bonds. The molecule has 0 radical (unpaired) electrons. The van der Waals surface area contributed by atoms with Crippen LogP contribution in [0.1, 0.15) is 11.1 Å². The molecule has 0 aliphatic heterocycles. The molecule has 7 nitrogen and oxygen atoms in total. The normalized spacial score (nSPS) is 10.9. The molecule has 0 fully saturated rings. The SMILES string of the molecule is c1ccc(CCNc2ncnc(Nc3ccc4c(cnn4Cc4ccccc4)c3)n2)cc1. The Labute approximate surface area is 186 Å². The third-order valence-electron chi connectivity index (χ3n) is 5.18. The quantitative estimate of drug-likeness (QED) is 0.379. The summed E-state index contributed by atoms with van der Waals surface area (Å²) in [6, 6.07) is 26.8. The van der Waals surface area contributed by atoms with Gasteiger partial charge in [-0.15, -0.1) is 0 Å². The van der Waals surface area contributed by atoms with Gasteiger partial charge in [-0.2, -0.15) is 10.1 Å². The molecule has 0 bridgehead atoms. The summed E-state index contributed by atoms with van der Waals surface area (Å²) in [6.07, 6.45) is 4.29. The van der Waals surface area contributed by atoms with Gasteiger partial charge in [0.05, 0.1) is 18.3 Å². The van der Waals surface area contributed by atoms with Crippen LogP contribution in [0.4, 0.5) is 17.6 Å². The number of benzene rings is 3. The molecular formula is C25H23N7. The van der Waals surface area contributed by atoms with Gasteiger partial charge in [0.1, 0.15) is 6.33 Å². The van der Waals surface area contributed by atoms with E-state index in [9.17, 15) is 0 Å². The van der Waals surface area contributed by atoms with Gasteiger partial charge in [-0.05, 0) is 35.7 Å². The number of anilines is 3. The second-order valence-electron chi connectivity index (χ2n) is 7.48. The first-order chi connectivity index (χ1) is 15.8. The molecule has 32 heavy (non-hydrogen) atoms. The lowest BCUT2D eigenvalue weighted by molar-refractivity contribution is 0.712. The van der Waals surface area contributed by atoms with Gasteiger partial charge in [0.25, 0.3) is 0 Å². The highest BCUT2D eigenvalue weighted by atomic mass is 15.3. The van der Waals surface area contributed by atoms with E-state index in [0.717, 1.165) is 36.1 Å². The van der Waals surface area contributed by atoms with E-state index in [1.54, 1.807) is 0 Å². The van der Waals surface area contributed by atoms with E-state index in [0.29, 0.717) is 11.9 Å². The zero-order valence-corrected chi connectivity index (χ0v) is 17.5. The van der Waals surface area contributed by atoms with E-state index >= 15 is 0 Å². The van der Waals surface area contributed by atoms with E-state index < -0.39 is 0 Å². The Bertz CT molecular complexity index is 1300. The molecule has 3 aromatic carbocycles. The zero-order chi connectivity index (χ0) is 21.6. The molecule has 158 valence electrons. The van der Waals surface area contributed by atoms with Gasteiger partial charge in [0.15, 0.2) is 0 Å². The third kappa shape index (κ3) is 4.73. The second kappa shape index (κ2) is 9.26. The predicted octanol–water partition coefficient (Wildman–Crippen LogP) is 4.67. The maximum Gasteiger partial charge on any atom is 0.231 e. The fourth-order valence-corrected chi connectivity index (χ4v) is 3.58. The lowest BCUT2D eigenvalue weighted by Gasteiger charge is -2.08. The number of nitrogens with one attached hydrogen (secondary N) is 2. The molecular weight excluding hydrogens is 398 g/mol. The van der Waals surface area contributed by atoms with Crippen LogP contribution in [0.3, 0.4) is 0 Å². The number of aromatic nitrogens is 5. The van der Waals surface area contributed by atoms with Gasteiger partial charge in [0, 0.05) is 17.6 Å². The highest BCUT2D eigenvalue weighted by Crippen LogP contribution is 2.22. The van der Waals surface area contributed by atoms with Crippen molar-refractivity contribution < 1.29 is 0 Å². The Morgan fingerprint density at radius 1 is 0.781 bits per heavy atom. The van der Waals surface area contributed by atoms with E-state index in [2.05, 4.69) is 67.1 Å². The van der Waals surface area contributed by atoms with Gasteiger partial charge in [-0.25, -0.2) is 9.97 Å². The molecule has 0 aliphatic carbocycles. The number of hydrogen-bond acceptors (Lipinski definition) is 6. The lowest BCUT2D eigenvalue weighted by Crippen LogP contribution is -2.09. The van der Waals surface area contributed by atoms with Crippen molar-refractivity contribution in [3.63, 3.8) is 0 Å². The first-order valence-corrected chi connectivity index (χ1v) is 10.6. The van der Waals surface area contributed by atoms with E-state index in [1.165, 1.54) is 17.5 Å². The summed E-state index contributed by atoms with van der Waals surface area (Å²) in [5.41, 5.74) is 4.47. The average molecular weight is 422 g/mol. The number of rotatable bonds is 8. The number of fused-ring (bicyclic) bond motifs is 1. The summed E-state index contributed by atoms with van der Waals surface area (Å²) in [7, 11) is 0. The van der Waals surface area contributed by atoms with E-state index in [-0.39, 0.29) is 0 Å². The molecule has 0 aliphatic rings. The minimum absolute atomic E-state index is 0.498. The summed E-state index contributed by atoms with van der Waals surface area (Å²) in [5.74, 6) is 1.05. The third-order valence-corrected chi connectivity index (χ3v) is 5.18. The minimum Gasteiger partial charge on any atom is -0.354 e. The van der Waals surface area contributed by atoms with Crippen LogP contribution in [0.15, 0.2) is 91.4 Å². The fourth-order valence-electron chi connectivity index (χ4n) is 3.58. The van der Waals surface area contributed by atoms with Gasteiger partial charge in [-0.3, -0.25) is 4.68 Å². The predicted molar refractivity (Wildman–Crippen MR) is 127 cm³/mol. The van der Waals surface area contributed by atoms with Crippen molar-refractivity contribution in [2.45, 2.75) is 13.0 Å². The Morgan fingerprint density at radius 3 is 2.34 bits per heavy atom. The first-order valence-electron chi connectivity index (χ1n) is 10.6. The molecule has 2 N–H and O–H groups in total. The molecule has 0 atom stereocenters. The smallest absolute Gasteiger partial charge is 0.231 e. The molecule has 0 unspecified atom stereocenters. The minimum atomic E-state index is 0.498. The molecule has 0 spiro atoms. The Balaban J connectivity index is 1.24. The van der Waals surface area contributed by atoms with Crippen LogP contribution in [0.5, 0.6) is 0 Å². The topological polar surface area (TPSA) is 80.5 Å². The van der Waals surface area contributed by atoms with Crippen molar-refractivity contribution in [3.05, 3.63) is 103 Å². The summed E-state index contributed by atoms with van der Waals surface area (Å²) < 4.78 is 2.01. The van der Waals surface area contributed by atoms with Crippen LogP contribution in [0.25, 0.3) is 10.9 Å². The molecule has 7 heteroatoms. The van der Waals surface area contributed by atoms with Crippen molar-refractivity contribution in [2.75, 3.05) is 17.2 Å². The average Bonchev–Trinajstić information content (AvgIpc) is 3.22. The molecule has 0 saturated carbocycles. The van der Waals surface area contributed by atoms with Crippen LogP contribution in [-0.2, 0) is 13.0 Å². The summed E-state index contributed by atoms with van der Waals surface area (Å²) >= 11 is 0. The number of nitrogens with zero attached hydrogens (tertiary/aromatic N) is 5. The Morgan fingerprint density at radius 2 is 1.53 bits per heavy atom. The van der Waals surface area contributed by atoms with Crippen LogP contribution in [0.2, 0.25) is 0 Å².